The first-order chi connectivity index (χ1) is 39.6. The highest BCUT2D eigenvalue weighted by molar-refractivity contribution is 5.88. The van der Waals surface area contributed by atoms with Crippen LogP contribution in [0.4, 0.5) is 44.3 Å². The lowest BCUT2D eigenvalue weighted by Crippen LogP contribution is -2.49. The summed E-state index contributed by atoms with van der Waals surface area (Å²) in [6.45, 7) is 7.98. The zero-order chi connectivity index (χ0) is 61.5. The molecule has 1 fully saturated rings. The monoisotopic (exact) mass is 1190 g/mol. The van der Waals surface area contributed by atoms with Gasteiger partial charge in [-0.2, -0.15) is 39.5 Å². The molecule has 3 aromatic heterocycles. The fraction of sp³-hybridized carbons (Fsp3) is 0.397. The number of aldehydes is 1. The third kappa shape index (κ3) is 15.1. The Bertz CT molecular complexity index is 3700. The number of ether oxygens (including phenoxy) is 6. The van der Waals surface area contributed by atoms with E-state index in [1.807, 2.05) is 39.0 Å². The van der Waals surface area contributed by atoms with Gasteiger partial charge in [0.25, 0.3) is 16.7 Å². The van der Waals surface area contributed by atoms with Crippen LogP contribution in [0.5, 0.6) is 28.7 Å². The second kappa shape index (κ2) is 26.1. The molecule has 17 nitrogen and oxygen atoms in total. The van der Waals surface area contributed by atoms with E-state index in [0.717, 1.165) is 57.2 Å². The van der Waals surface area contributed by atoms with Gasteiger partial charge in [-0.1, -0.05) is 6.07 Å². The Balaban J connectivity index is 0.000000209. The predicted octanol–water partition coefficient (Wildman–Crippen LogP) is 9.95. The van der Waals surface area contributed by atoms with Gasteiger partial charge < -0.3 is 61.8 Å². The summed E-state index contributed by atoms with van der Waals surface area (Å²) in [6, 6.07) is 18.6. The highest BCUT2D eigenvalue weighted by atomic mass is 19.4. The summed E-state index contributed by atoms with van der Waals surface area (Å²) in [5.41, 5.74) is -3.63. The second-order valence-electron chi connectivity index (χ2n) is 20.3. The van der Waals surface area contributed by atoms with Gasteiger partial charge in [0.15, 0.2) is 11.5 Å². The lowest BCUT2D eigenvalue weighted by atomic mass is 10.0. The van der Waals surface area contributed by atoms with Crippen LogP contribution in [0, 0.1) is 0 Å². The quantitative estimate of drug-likeness (QED) is 0.0852. The van der Waals surface area contributed by atoms with Crippen molar-refractivity contribution in [1.29, 1.82) is 0 Å². The molecule has 1 saturated heterocycles. The zero-order valence-corrected chi connectivity index (χ0v) is 46.4. The Morgan fingerprint density at radius 1 is 0.595 bits per heavy atom. The van der Waals surface area contributed by atoms with Crippen molar-refractivity contribution >= 4 is 45.1 Å². The third-order valence-electron chi connectivity index (χ3n) is 13.7. The Kier molecular flexibility index (Phi) is 19.7. The lowest BCUT2D eigenvalue weighted by Gasteiger charge is -2.39. The van der Waals surface area contributed by atoms with Crippen molar-refractivity contribution in [3.8, 4) is 28.7 Å². The molecule has 1 amide bonds. The minimum absolute atomic E-state index is 0.0104. The minimum atomic E-state index is -4.54. The van der Waals surface area contributed by atoms with Gasteiger partial charge in [-0.25, -0.2) is 4.79 Å². The number of aromatic nitrogens is 3. The SMILES string of the molecule is COc1cc(=O)n(CC=O)c2cc(C(F)(F)F)ccc12.COc1cc(=O)n(CCN2CCC(N(Cc3ccc4c(c3)OCCO4)C(=O)OC(C)(C)C)CC2)c2cc(C(F)(F)F)ccc12.COc1cc(=O)n(CCO)c2cc(C(F)(F)F)ccc12. The average Bonchev–Trinajstić information content (AvgIpc) is 1.67. The number of likely N-dealkylation sites (tertiary alicyclic amines) is 1. The van der Waals surface area contributed by atoms with Crippen LogP contribution < -0.4 is 40.4 Å². The van der Waals surface area contributed by atoms with Crippen LogP contribution in [0.25, 0.3) is 32.7 Å². The average molecular weight is 1190 g/mol. The first kappa shape index (κ1) is 63.3. The van der Waals surface area contributed by atoms with Crippen molar-refractivity contribution in [2.45, 2.75) is 90.0 Å². The highest BCUT2D eigenvalue weighted by Crippen LogP contribution is 2.37. The topological polar surface area (TPSA) is 182 Å². The zero-order valence-electron chi connectivity index (χ0n) is 46.4. The molecule has 0 atom stereocenters. The molecule has 0 bridgehead atoms. The Morgan fingerprint density at radius 2 is 1.02 bits per heavy atom. The normalized spacial score (nSPS) is 14.0. The first-order valence-corrected chi connectivity index (χ1v) is 26.1. The number of amides is 1. The fourth-order valence-corrected chi connectivity index (χ4v) is 9.65. The number of methoxy groups -OCH3 is 3. The molecule has 0 saturated carbocycles. The highest BCUT2D eigenvalue weighted by Gasteiger charge is 2.35. The van der Waals surface area contributed by atoms with E-state index >= 15 is 0 Å². The summed E-state index contributed by atoms with van der Waals surface area (Å²) in [5, 5.41) is 10.1. The number of rotatable bonds is 13. The van der Waals surface area contributed by atoms with Gasteiger partial charge in [-0.05, 0) is 106 Å². The number of halogens is 9. The van der Waals surface area contributed by atoms with E-state index in [1.165, 1.54) is 56.2 Å². The number of nitrogens with zero attached hydrogens (tertiary/aromatic N) is 5. The number of pyridine rings is 3. The molecule has 26 heteroatoms. The van der Waals surface area contributed by atoms with Crippen molar-refractivity contribution in [2.75, 3.05) is 60.8 Å². The number of hydrogen-bond donors (Lipinski definition) is 1. The maximum absolute atomic E-state index is 13.5. The van der Waals surface area contributed by atoms with Crippen LogP contribution in [-0.2, 0) is 54.2 Å². The van der Waals surface area contributed by atoms with Crippen LogP contribution in [-0.4, -0.2) is 113 Å². The van der Waals surface area contributed by atoms with Crippen LogP contribution in [0.1, 0.15) is 55.9 Å². The second-order valence-corrected chi connectivity index (χ2v) is 20.3. The number of piperidine rings is 1. The van der Waals surface area contributed by atoms with E-state index in [2.05, 4.69) is 4.90 Å². The molecule has 5 heterocycles. The van der Waals surface area contributed by atoms with Gasteiger partial charge in [-0.15, -0.1) is 0 Å². The molecule has 0 spiro atoms. The summed E-state index contributed by atoms with van der Waals surface area (Å²) in [7, 11) is 4.03. The van der Waals surface area contributed by atoms with Crippen LogP contribution in [0.3, 0.4) is 0 Å². The summed E-state index contributed by atoms with van der Waals surface area (Å²) >= 11 is 0. The lowest BCUT2D eigenvalue weighted by molar-refractivity contribution is -0.138. The Labute approximate surface area is 473 Å². The molecule has 7 aromatic rings. The van der Waals surface area contributed by atoms with Crippen molar-refractivity contribution in [3.63, 3.8) is 0 Å². The molecule has 452 valence electrons. The van der Waals surface area contributed by atoms with E-state index in [4.69, 9.17) is 33.5 Å². The Morgan fingerprint density at radius 3 is 1.44 bits per heavy atom. The van der Waals surface area contributed by atoms with Gasteiger partial charge >= 0.3 is 24.6 Å². The smallest absolute Gasteiger partial charge is 0.416 e. The van der Waals surface area contributed by atoms with Gasteiger partial charge in [0, 0.05) is 79.7 Å². The van der Waals surface area contributed by atoms with Gasteiger partial charge in [-0.3, -0.25) is 14.4 Å². The van der Waals surface area contributed by atoms with Crippen molar-refractivity contribution < 1.29 is 82.6 Å². The standard InChI is InChI=1S/C32H38F3N3O6.C13H12F3NO3.C13H10F3NO3/c1-31(2,3)44-30(40)38(20-21-5-8-26-28(17-21)43-16-15-42-26)23-9-11-36(12-10-23)13-14-37-25-18-22(32(33,34)35)6-7-24(25)27(41-4)19-29(37)39;2*1-20-11-7-12(19)17(4-5-18)10-6-8(13(14,15)16)2-3-9(10)11/h5-8,17-19,23H,9-16,20H2,1-4H3;2-3,6-7,18H,4-5H2,1H3;2-3,5-7H,4H2,1H3. The number of carbonyl (C=O) groups excluding carboxylic acids is 2. The number of carbonyl (C=O) groups is 2. The first-order valence-electron chi connectivity index (χ1n) is 26.1. The molecule has 4 aromatic carbocycles. The molecule has 9 rings (SSSR count). The summed E-state index contributed by atoms with van der Waals surface area (Å²) in [5.74, 6) is 1.93. The number of benzene rings is 4. The predicted molar refractivity (Wildman–Crippen MR) is 291 cm³/mol. The van der Waals surface area contributed by atoms with E-state index in [1.54, 1.807) is 4.90 Å². The number of alkyl halides is 9. The van der Waals surface area contributed by atoms with Gasteiger partial charge in [0.05, 0.1) is 67.7 Å². The van der Waals surface area contributed by atoms with Crippen LogP contribution in [0.15, 0.2) is 105 Å². The molecule has 2 aliphatic rings. The maximum atomic E-state index is 13.5. The summed E-state index contributed by atoms with van der Waals surface area (Å²) < 4.78 is 153. The van der Waals surface area contributed by atoms with Crippen LogP contribution >= 0.6 is 0 Å². The molecular weight excluding hydrogens is 1130 g/mol. The third-order valence-corrected chi connectivity index (χ3v) is 13.7. The number of aliphatic hydroxyl groups excluding tert-OH is 1. The van der Waals surface area contributed by atoms with Crippen molar-refractivity contribution in [1.82, 2.24) is 23.5 Å². The molecule has 1 N–H and O–H groups in total. The van der Waals surface area contributed by atoms with E-state index in [-0.39, 0.29) is 66.1 Å². The summed E-state index contributed by atoms with van der Waals surface area (Å²) in [6.07, 6.45) is -12.2. The van der Waals surface area contributed by atoms with Gasteiger partial charge in [0.2, 0.25) is 0 Å². The van der Waals surface area contributed by atoms with Crippen molar-refractivity contribution in [3.05, 3.63) is 144 Å². The minimum Gasteiger partial charge on any atom is -0.496 e. The number of hydrogen-bond acceptors (Lipinski definition) is 13. The molecule has 2 aliphatic heterocycles. The molecular formula is C58H60F9N5O12. The largest absolute Gasteiger partial charge is 0.496 e. The molecule has 0 aliphatic carbocycles. The van der Waals surface area contributed by atoms with E-state index in [0.29, 0.717) is 86.2 Å². The maximum Gasteiger partial charge on any atom is 0.416 e. The van der Waals surface area contributed by atoms with Gasteiger partial charge in [0.1, 0.15) is 42.3 Å². The Hall–Kier alpha value is -8.26. The molecule has 84 heavy (non-hydrogen) atoms. The van der Waals surface area contributed by atoms with Crippen molar-refractivity contribution in [2.24, 2.45) is 0 Å². The van der Waals surface area contributed by atoms with Crippen LogP contribution in [0.2, 0.25) is 0 Å². The fourth-order valence-electron chi connectivity index (χ4n) is 9.65. The molecule has 0 unspecified atom stereocenters. The van der Waals surface area contributed by atoms with E-state index in [9.17, 15) is 63.5 Å². The number of fused-ring (bicyclic) bond motifs is 4. The molecule has 0 radical (unpaired) electrons. The number of aliphatic hydroxyl groups is 1. The summed E-state index contributed by atoms with van der Waals surface area (Å²) in [4.78, 5) is 64.5. The van der Waals surface area contributed by atoms with E-state index < -0.39 is 63.6 Å².